The molecule has 2 heterocycles. The zero-order valence-electron chi connectivity index (χ0n) is 14.3. The lowest BCUT2D eigenvalue weighted by atomic mass is 9.99. The van der Waals surface area contributed by atoms with Crippen LogP contribution in [0.4, 0.5) is 5.82 Å². The zero-order valence-corrected chi connectivity index (χ0v) is 14.3. The molecule has 0 saturated carbocycles. The van der Waals surface area contributed by atoms with E-state index in [1.807, 2.05) is 43.3 Å². The summed E-state index contributed by atoms with van der Waals surface area (Å²) in [5, 5.41) is 11.3. The van der Waals surface area contributed by atoms with Crippen LogP contribution in [0.3, 0.4) is 0 Å². The van der Waals surface area contributed by atoms with Crippen LogP contribution in [0.25, 0.3) is 0 Å². The standard InChI is InChI=1S/C19H24N4O/c1-14-10-12-23(13-11-14)18-9-8-17(21-22-18)19(24)20-15(2)16-6-4-3-5-7-16/h3-9,14-15H,10-13H2,1-2H3,(H,20,24). The predicted molar refractivity (Wildman–Crippen MR) is 95.0 cm³/mol. The SMILES string of the molecule is CC1CCN(c2ccc(C(=O)NC(C)c3ccccc3)nn2)CC1. The zero-order chi connectivity index (χ0) is 16.9. The van der Waals surface area contributed by atoms with E-state index in [0.29, 0.717) is 5.69 Å². The Hall–Kier alpha value is -2.43. The molecule has 126 valence electrons. The number of carbonyl (C=O) groups is 1. The van der Waals surface area contributed by atoms with Gasteiger partial charge in [-0.05, 0) is 43.4 Å². The van der Waals surface area contributed by atoms with Gasteiger partial charge in [-0.15, -0.1) is 10.2 Å². The van der Waals surface area contributed by atoms with Gasteiger partial charge in [0, 0.05) is 13.1 Å². The Bertz CT molecular complexity index is 664. The molecule has 1 N–H and O–H groups in total. The molecule has 0 bridgehead atoms. The topological polar surface area (TPSA) is 58.1 Å². The van der Waals surface area contributed by atoms with E-state index in [-0.39, 0.29) is 11.9 Å². The molecule has 2 aromatic rings. The normalized spacial score (nSPS) is 16.7. The molecule has 1 aromatic carbocycles. The fraction of sp³-hybridized carbons (Fsp3) is 0.421. The van der Waals surface area contributed by atoms with Gasteiger partial charge in [-0.2, -0.15) is 0 Å². The second-order valence-corrected chi connectivity index (χ2v) is 6.55. The van der Waals surface area contributed by atoms with Crippen molar-refractivity contribution in [2.75, 3.05) is 18.0 Å². The summed E-state index contributed by atoms with van der Waals surface area (Å²) in [6.45, 7) is 6.26. The Labute approximate surface area is 143 Å². The van der Waals surface area contributed by atoms with Crippen LogP contribution in [0.15, 0.2) is 42.5 Å². The lowest BCUT2D eigenvalue weighted by Gasteiger charge is -2.30. The monoisotopic (exact) mass is 324 g/mol. The molecule has 1 fully saturated rings. The molecule has 1 atom stereocenters. The minimum absolute atomic E-state index is 0.0660. The van der Waals surface area contributed by atoms with Crippen molar-refractivity contribution in [3.05, 3.63) is 53.7 Å². The lowest BCUT2D eigenvalue weighted by molar-refractivity contribution is 0.0934. The molecule has 5 nitrogen and oxygen atoms in total. The number of amides is 1. The summed E-state index contributed by atoms with van der Waals surface area (Å²) in [5.74, 6) is 1.44. The third-order valence-corrected chi connectivity index (χ3v) is 4.64. The number of nitrogens with one attached hydrogen (secondary N) is 1. The summed E-state index contributed by atoms with van der Waals surface area (Å²) >= 11 is 0. The number of hydrogen-bond acceptors (Lipinski definition) is 4. The Balaban J connectivity index is 1.61. The van der Waals surface area contributed by atoms with Crippen LogP contribution in [-0.4, -0.2) is 29.2 Å². The van der Waals surface area contributed by atoms with Crippen LogP contribution >= 0.6 is 0 Å². The van der Waals surface area contributed by atoms with E-state index < -0.39 is 0 Å². The quantitative estimate of drug-likeness (QED) is 0.938. The minimum atomic E-state index is -0.197. The lowest BCUT2D eigenvalue weighted by Crippen LogP contribution is -2.34. The molecule has 1 aliphatic heterocycles. The Morgan fingerprint density at radius 2 is 1.83 bits per heavy atom. The summed E-state index contributed by atoms with van der Waals surface area (Å²) in [6, 6.07) is 13.5. The molecule has 24 heavy (non-hydrogen) atoms. The van der Waals surface area contributed by atoms with Gasteiger partial charge in [0.1, 0.15) is 0 Å². The summed E-state index contributed by atoms with van der Waals surface area (Å²) < 4.78 is 0. The highest BCUT2D eigenvalue weighted by Gasteiger charge is 2.18. The summed E-state index contributed by atoms with van der Waals surface area (Å²) in [7, 11) is 0. The van der Waals surface area contributed by atoms with Gasteiger partial charge in [-0.25, -0.2) is 0 Å². The van der Waals surface area contributed by atoms with Crippen molar-refractivity contribution < 1.29 is 4.79 Å². The first kappa shape index (κ1) is 16.4. The highest BCUT2D eigenvalue weighted by Crippen LogP contribution is 2.20. The Morgan fingerprint density at radius 3 is 2.46 bits per heavy atom. The third-order valence-electron chi connectivity index (χ3n) is 4.64. The van der Waals surface area contributed by atoms with E-state index in [9.17, 15) is 4.79 Å². The van der Waals surface area contributed by atoms with Crippen molar-refractivity contribution in [3.8, 4) is 0 Å². The van der Waals surface area contributed by atoms with Crippen molar-refractivity contribution in [3.63, 3.8) is 0 Å². The van der Waals surface area contributed by atoms with E-state index in [4.69, 9.17) is 0 Å². The molecule has 0 radical (unpaired) electrons. The van der Waals surface area contributed by atoms with Crippen LogP contribution < -0.4 is 10.2 Å². The van der Waals surface area contributed by atoms with Crippen molar-refractivity contribution in [1.29, 1.82) is 0 Å². The van der Waals surface area contributed by atoms with Gasteiger partial charge in [0.15, 0.2) is 11.5 Å². The molecular weight excluding hydrogens is 300 g/mol. The largest absolute Gasteiger partial charge is 0.355 e. The molecule has 5 heteroatoms. The van der Waals surface area contributed by atoms with Crippen LogP contribution in [0, 0.1) is 5.92 Å². The van der Waals surface area contributed by atoms with Crippen molar-refractivity contribution >= 4 is 11.7 Å². The maximum absolute atomic E-state index is 12.3. The van der Waals surface area contributed by atoms with Gasteiger partial charge in [-0.3, -0.25) is 4.79 Å². The second-order valence-electron chi connectivity index (χ2n) is 6.55. The van der Waals surface area contributed by atoms with E-state index >= 15 is 0 Å². The number of hydrogen-bond donors (Lipinski definition) is 1. The van der Waals surface area contributed by atoms with Crippen LogP contribution in [0.5, 0.6) is 0 Å². The molecule has 1 unspecified atom stereocenters. The van der Waals surface area contributed by atoms with Gasteiger partial charge in [-0.1, -0.05) is 37.3 Å². The number of aromatic nitrogens is 2. The van der Waals surface area contributed by atoms with Crippen LogP contribution in [0.1, 0.15) is 48.8 Å². The van der Waals surface area contributed by atoms with Gasteiger partial charge >= 0.3 is 0 Å². The number of rotatable bonds is 4. The maximum atomic E-state index is 12.3. The third kappa shape index (κ3) is 3.91. The molecule has 1 amide bonds. The van der Waals surface area contributed by atoms with Crippen molar-refractivity contribution in [1.82, 2.24) is 15.5 Å². The fourth-order valence-corrected chi connectivity index (χ4v) is 2.95. The molecule has 1 aliphatic rings. The van der Waals surface area contributed by atoms with E-state index in [1.165, 1.54) is 12.8 Å². The van der Waals surface area contributed by atoms with Gasteiger partial charge in [0.05, 0.1) is 6.04 Å². The summed E-state index contributed by atoms with van der Waals surface area (Å²) in [6.07, 6.45) is 2.36. The van der Waals surface area contributed by atoms with Gasteiger partial charge in [0.2, 0.25) is 0 Å². The highest BCUT2D eigenvalue weighted by atomic mass is 16.2. The maximum Gasteiger partial charge on any atom is 0.272 e. The average Bonchev–Trinajstić information content (AvgIpc) is 2.63. The fourth-order valence-electron chi connectivity index (χ4n) is 2.95. The van der Waals surface area contributed by atoms with Crippen molar-refractivity contribution in [2.45, 2.75) is 32.7 Å². The number of anilines is 1. The molecule has 1 saturated heterocycles. The number of nitrogens with zero attached hydrogens (tertiary/aromatic N) is 3. The number of piperidine rings is 1. The number of carbonyl (C=O) groups excluding carboxylic acids is 1. The van der Waals surface area contributed by atoms with Gasteiger partial charge in [0.25, 0.3) is 5.91 Å². The van der Waals surface area contributed by atoms with Crippen LogP contribution in [-0.2, 0) is 0 Å². The minimum Gasteiger partial charge on any atom is -0.355 e. The van der Waals surface area contributed by atoms with Gasteiger partial charge < -0.3 is 10.2 Å². The predicted octanol–water partition coefficient (Wildman–Crippen LogP) is 3.20. The van der Waals surface area contributed by atoms with E-state index in [1.54, 1.807) is 6.07 Å². The highest BCUT2D eigenvalue weighted by molar-refractivity contribution is 5.92. The first-order valence-corrected chi connectivity index (χ1v) is 8.58. The molecular formula is C19H24N4O. The second kappa shape index (κ2) is 7.43. The molecule has 1 aromatic heterocycles. The summed E-state index contributed by atoms with van der Waals surface area (Å²) in [4.78, 5) is 14.6. The first-order chi connectivity index (χ1) is 11.6. The van der Waals surface area contributed by atoms with Crippen molar-refractivity contribution in [2.24, 2.45) is 5.92 Å². The average molecular weight is 324 g/mol. The number of benzene rings is 1. The van der Waals surface area contributed by atoms with E-state index in [2.05, 4.69) is 27.3 Å². The molecule has 0 spiro atoms. The van der Waals surface area contributed by atoms with E-state index in [0.717, 1.165) is 30.4 Å². The molecule has 3 rings (SSSR count). The first-order valence-electron chi connectivity index (χ1n) is 8.58. The Kier molecular flexibility index (Phi) is 5.08. The summed E-state index contributed by atoms with van der Waals surface area (Å²) in [5.41, 5.74) is 1.42. The van der Waals surface area contributed by atoms with Crippen LogP contribution in [0.2, 0.25) is 0 Å². The Morgan fingerprint density at radius 1 is 1.12 bits per heavy atom. The molecule has 0 aliphatic carbocycles. The smallest absolute Gasteiger partial charge is 0.272 e.